The molecule has 1 heterocycles. The van der Waals surface area contributed by atoms with Crippen molar-refractivity contribution in [2.24, 2.45) is 0 Å². The van der Waals surface area contributed by atoms with Crippen molar-refractivity contribution >= 4 is 23.0 Å². The second kappa shape index (κ2) is 7.39. The summed E-state index contributed by atoms with van der Waals surface area (Å²) in [5.74, 6) is -0.0365. The minimum atomic E-state index is -0.0365. The third-order valence-electron chi connectivity index (χ3n) is 4.45. The van der Waals surface area contributed by atoms with Gasteiger partial charge in [-0.25, -0.2) is 0 Å². The number of anilines is 3. The van der Waals surface area contributed by atoms with Crippen LogP contribution in [0, 0.1) is 13.8 Å². The molecule has 4 heteroatoms. The lowest BCUT2D eigenvalue weighted by atomic mass is 10.1. The Morgan fingerprint density at radius 1 is 1.04 bits per heavy atom. The molecule has 0 aromatic heterocycles. The molecule has 2 aromatic rings. The lowest BCUT2D eigenvalue weighted by Gasteiger charge is -2.18. The van der Waals surface area contributed by atoms with Gasteiger partial charge in [0.2, 0.25) is 5.91 Å². The molecule has 126 valence electrons. The maximum absolute atomic E-state index is 12.1. The number of nitrogens with zero attached hydrogens (tertiary/aromatic N) is 1. The normalized spacial score (nSPS) is 13.8. The molecule has 1 aliphatic heterocycles. The summed E-state index contributed by atoms with van der Waals surface area (Å²) in [6.45, 7) is 6.60. The van der Waals surface area contributed by atoms with E-state index in [1.54, 1.807) is 0 Å². The van der Waals surface area contributed by atoms with Crippen LogP contribution >= 0.6 is 0 Å². The van der Waals surface area contributed by atoms with E-state index in [9.17, 15) is 4.79 Å². The Morgan fingerprint density at radius 2 is 1.75 bits per heavy atom. The molecular formula is C20H25N3O. The monoisotopic (exact) mass is 323 g/mol. The fourth-order valence-corrected chi connectivity index (χ4v) is 3.10. The first-order valence-corrected chi connectivity index (χ1v) is 8.58. The van der Waals surface area contributed by atoms with Crippen LogP contribution in [0.5, 0.6) is 0 Å². The van der Waals surface area contributed by atoms with Gasteiger partial charge in [0.25, 0.3) is 0 Å². The van der Waals surface area contributed by atoms with Crippen LogP contribution in [-0.2, 0) is 4.79 Å². The quantitative estimate of drug-likeness (QED) is 0.875. The molecule has 24 heavy (non-hydrogen) atoms. The first-order valence-electron chi connectivity index (χ1n) is 8.58. The molecule has 0 aliphatic carbocycles. The summed E-state index contributed by atoms with van der Waals surface area (Å²) in [5.41, 5.74) is 5.38. The highest BCUT2D eigenvalue weighted by atomic mass is 16.1. The van der Waals surface area contributed by atoms with Gasteiger partial charge >= 0.3 is 0 Å². The van der Waals surface area contributed by atoms with Gasteiger partial charge in [-0.05, 0) is 62.6 Å². The van der Waals surface area contributed by atoms with Gasteiger partial charge in [0.05, 0.1) is 6.54 Å². The summed E-state index contributed by atoms with van der Waals surface area (Å²) >= 11 is 0. The fourth-order valence-electron chi connectivity index (χ4n) is 3.10. The Kier molecular flexibility index (Phi) is 5.04. The summed E-state index contributed by atoms with van der Waals surface area (Å²) in [6.07, 6.45) is 2.55. The van der Waals surface area contributed by atoms with Crippen LogP contribution in [0.25, 0.3) is 0 Å². The minimum absolute atomic E-state index is 0.0365. The van der Waals surface area contributed by atoms with E-state index < -0.39 is 0 Å². The third-order valence-corrected chi connectivity index (χ3v) is 4.45. The van der Waals surface area contributed by atoms with Gasteiger partial charge in [-0.3, -0.25) is 4.79 Å². The van der Waals surface area contributed by atoms with Gasteiger partial charge in [0.15, 0.2) is 0 Å². The number of aryl methyl sites for hydroxylation is 2. The van der Waals surface area contributed by atoms with E-state index in [2.05, 4.69) is 33.7 Å². The van der Waals surface area contributed by atoms with Crippen molar-refractivity contribution in [1.29, 1.82) is 0 Å². The minimum Gasteiger partial charge on any atom is -0.376 e. The highest BCUT2D eigenvalue weighted by molar-refractivity contribution is 5.94. The van der Waals surface area contributed by atoms with Gasteiger partial charge in [0.1, 0.15) is 0 Å². The SMILES string of the molecule is Cc1ccc(NC(=O)CNc2ccc(N3CCCC3)cc2)c(C)c1. The van der Waals surface area contributed by atoms with Gasteiger partial charge in [-0.15, -0.1) is 0 Å². The first kappa shape index (κ1) is 16.4. The highest BCUT2D eigenvalue weighted by Crippen LogP contribution is 2.22. The molecule has 4 nitrogen and oxygen atoms in total. The molecular weight excluding hydrogens is 298 g/mol. The maximum Gasteiger partial charge on any atom is 0.243 e. The van der Waals surface area contributed by atoms with Crippen molar-refractivity contribution in [1.82, 2.24) is 0 Å². The van der Waals surface area contributed by atoms with E-state index in [1.165, 1.54) is 24.1 Å². The van der Waals surface area contributed by atoms with E-state index in [-0.39, 0.29) is 12.5 Å². The van der Waals surface area contributed by atoms with E-state index >= 15 is 0 Å². The number of amides is 1. The van der Waals surface area contributed by atoms with E-state index in [4.69, 9.17) is 0 Å². The first-order chi connectivity index (χ1) is 11.6. The molecule has 2 N–H and O–H groups in total. The molecule has 0 saturated carbocycles. The van der Waals surface area contributed by atoms with Gasteiger partial charge in [-0.2, -0.15) is 0 Å². The number of nitrogens with one attached hydrogen (secondary N) is 2. The molecule has 1 saturated heterocycles. The lowest BCUT2D eigenvalue weighted by Crippen LogP contribution is -2.22. The van der Waals surface area contributed by atoms with Crippen molar-refractivity contribution in [3.05, 3.63) is 53.6 Å². The van der Waals surface area contributed by atoms with Crippen molar-refractivity contribution in [2.45, 2.75) is 26.7 Å². The smallest absolute Gasteiger partial charge is 0.243 e. The Morgan fingerprint density at radius 3 is 2.42 bits per heavy atom. The average molecular weight is 323 g/mol. The molecule has 0 spiro atoms. The Hall–Kier alpha value is -2.49. The molecule has 1 fully saturated rings. The van der Waals surface area contributed by atoms with Crippen LogP contribution in [0.2, 0.25) is 0 Å². The van der Waals surface area contributed by atoms with Gasteiger partial charge in [0, 0.05) is 30.2 Å². The van der Waals surface area contributed by atoms with Crippen molar-refractivity contribution in [3.63, 3.8) is 0 Å². The standard InChI is InChI=1S/C20H25N3O/c1-15-5-10-19(16(2)13-15)22-20(24)14-21-17-6-8-18(9-7-17)23-11-3-4-12-23/h5-10,13,21H,3-4,11-12,14H2,1-2H3,(H,22,24). The molecule has 0 radical (unpaired) electrons. The van der Waals surface area contributed by atoms with Crippen LogP contribution in [0.15, 0.2) is 42.5 Å². The molecule has 2 aromatic carbocycles. The summed E-state index contributed by atoms with van der Waals surface area (Å²) in [5, 5.41) is 6.14. The zero-order valence-corrected chi connectivity index (χ0v) is 14.4. The summed E-state index contributed by atoms with van der Waals surface area (Å²) in [4.78, 5) is 14.5. The summed E-state index contributed by atoms with van der Waals surface area (Å²) in [6, 6.07) is 14.3. The molecule has 0 atom stereocenters. The lowest BCUT2D eigenvalue weighted by molar-refractivity contribution is -0.114. The van der Waals surface area contributed by atoms with Crippen molar-refractivity contribution in [3.8, 4) is 0 Å². The molecule has 1 amide bonds. The van der Waals surface area contributed by atoms with Gasteiger partial charge < -0.3 is 15.5 Å². The van der Waals surface area contributed by atoms with Crippen LogP contribution in [-0.4, -0.2) is 25.5 Å². The number of hydrogen-bond acceptors (Lipinski definition) is 3. The Labute approximate surface area is 143 Å². The number of carbonyl (C=O) groups is 1. The summed E-state index contributed by atoms with van der Waals surface area (Å²) < 4.78 is 0. The predicted molar refractivity (Wildman–Crippen MR) is 101 cm³/mol. The number of rotatable bonds is 5. The van der Waals surface area contributed by atoms with Crippen LogP contribution in [0.1, 0.15) is 24.0 Å². The molecule has 0 unspecified atom stereocenters. The van der Waals surface area contributed by atoms with Gasteiger partial charge in [-0.1, -0.05) is 17.7 Å². The van der Waals surface area contributed by atoms with E-state index in [0.717, 1.165) is 30.0 Å². The number of hydrogen-bond donors (Lipinski definition) is 2. The zero-order valence-electron chi connectivity index (χ0n) is 14.4. The second-order valence-corrected chi connectivity index (χ2v) is 6.46. The van der Waals surface area contributed by atoms with Crippen LogP contribution < -0.4 is 15.5 Å². The van der Waals surface area contributed by atoms with Crippen molar-refractivity contribution < 1.29 is 4.79 Å². The zero-order chi connectivity index (χ0) is 16.9. The Bertz CT molecular complexity index is 703. The topological polar surface area (TPSA) is 44.4 Å². The van der Waals surface area contributed by atoms with Crippen LogP contribution in [0.3, 0.4) is 0 Å². The molecule has 1 aliphatic rings. The summed E-state index contributed by atoms with van der Waals surface area (Å²) in [7, 11) is 0. The predicted octanol–water partition coefficient (Wildman–Crippen LogP) is 3.95. The number of benzene rings is 2. The third kappa shape index (κ3) is 4.07. The molecule has 0 bridgehead atoms. The van der Waals surface area contributed by atoms with Crippen LogP contribution in [0.4, 0.5) is 17.1 Å². The van der Waals surface area contributed by atoms with E-state index in [0.29, 0.717) is 0 Å². The average Bonchev–Trinajstić information content (AvgIpc) is 3.11. The Balaban J connectivity index is 1.52. The largest absolute Gasteiger partial charge is 0.376 e. The van der Waals surface area contributed by atoms with E-state index in [1.807, 2.05) is 38.1 Å². The fraction of sp³-hybridized carbons (Fsp3) is 0.350. The number of carbonyl (C=O) groups excluding carboxylic acids is 1. The highest BCUT2D eigenvalue weighted by Gasteiger charge is 2.12. The molecule has 3 rings (SSSR count). The second-order valence-electron chi connectivity index (χ2n) is 6.46. The van der Waals surface area contributed by atoms with Crippen molar-refractivity contribution in [2.75, 3.05) is 35.2 Å². The maximum atomic E-state index is 12.1.